The first-order valence-electron chi connectivity index (χ1n) is 6.86. The largest absolute Gasteiger partial charge is 0.302 e. The molecule has 3 aromatic rings. The second-order valence-corrected chi connectivity index (χ2v) is 5.68. The van der Waals surface area contributed by atoms with Gasteiger partial charge in [0.1, 0.15) is 5.01 Å². The van der Waals surface area contributed by atoms with Gasteiger partial charge in [0.2, 0.25) is 0 Å². The van der Waals surface area contributed by atoms with Gasteiger partial charge in [0, 0.05) is 30.1 Å². The van der Waals surface area contributed by atoms with Crippen molar-refractivity contribution in [1.29, 1.82) is 0 Å². The van der Waals surface area contributed by atoms with Crippen molar-refractivity contribution in [2.24, 2.45) is 0 Å². The highest BCUT2D eigenvalue weighted by atomic mass is 32.1. The fourth-order valence-electron chi connectivity index (χ4n) is 2.35. The summed E-state index contributed by atoms with van der Waals surface area (Å²) in [5.41, 5.74) is 2.31. The van der Waals surface area contributed by atoms with Gasteiger partial charge < -0.3 is 5.32 Å². The lowest BCUT2D eigenvalue weighted by atomic mass is 10.2. The van der Waals surface area contributed by atoms with Crippen molar-refractivity contribution in [3.63, 3.8) is 0 Å². The average Bonchev–Trinajstić information content (AvgIpc) is 3.13. The number of thiazole rings is 1. The molecule has 0 aliphatic rings. The van der Waals surface area contributed by atoms with Gasteiger partial charge in [0.05, 0.1) is 17.3 Å². The number of aryl methyl sites for hydroxylation is 1. The van der Waals surface area contributed by atoms with Gasteiger partial charge in [-0.1, -0.05) is 18.2 Å². The molecule has 5 heteroatoms. The summed E-state index contributed by atoms with van der Waals surface area (Å²) in [7, 11) is 0. The number of nitrogens with one attached hydrogen (secondary N) is 1. The molecule has 4 nitrogen and oxygen atoms in total. The topological polar surface area (TPSA) is 42.7 Å². The molecule has 0 radical (unpaired) electrons. The minimum absolute atomic E-state index is 0.250. The lowest BCUT2D eigenvalue weighted by molar-refractivity contribution is 0.556. The maximum atomic E-state index is 4.70. The molecule has 1 aromatic carbocycles. The van der Waals surface area contributed by atoms with Crippen molar-refractivity contribution in [3.8, 4) is 0 Å². The SMILES string of the molecule is CCn1nc(CNC(C)c2nccs2)c2ccccc21. The van der Waals surface area contributed by atoms with E-state index in [1.165, 1.54) is 10.9 Å². The summed E-state index contributed by atoms with van der Waals surface area (Å²) in [5.74, 6) is 0. The first-order valence-corrected chi connectivity index (χ1v) is 7.74. The van der Waals surface area contributed by atoms with E-state index < -0.39 is 0 Å². The van der Waals surface area contributed by atoms with E-state index in [2.05, 4.69) is 53.1 Å². The molecule has 3 rings (SSSR count). The predicted octanol–water partition coefficient (Wildman–Crippen LogP) is 3.36. The highest BCUT2D eigenvalue weighted by Gasteiger charge is 2.12. The summed E-state index contributed by atoms with van der Waals surface area (Å²) in [6, 6.07) is 8.64. The van der Waals surface area contributed by atoms with E-state index in [9.17, 15) is 0 Å². The van der Waals surface area contributed by atoms with Gasteiger partial charge in [0.25, 0.3) is 0 Å². The Hall–Kier alpha value is -1.72. The second kappa shape index (κ2) is 5.73. The van der Waals surface area contributed by atoms with E-state index in [1.807, 2.05) is 11.6 Å². The van der Waals surface area contributed by atoms with E-state index >= 15 is 0 Å². The Bertz CT molecular complexity index is 687. The maximum Gasteiger partial charge on any atom is 0.109 e. The van der Waals surface area contributed by atoms with E-state index in [-0.39, 0.29) is 6.04 Å². The number of hydrogen-bond acceptors (Lipinski definition) is 4. The monoisotopic (exact) mass is 286 g/mol. The van der Waals surface area contributed by atoms with Crippen molar-refractivity contribution in [2.45, 2.75) is 33.0 Å². The Morgan fingerprint density at radius 3 is 2.95 bits per heavy atom. The van der Waals surface area contributed by atoms with Crippen LogP contribution in [0.3, 0.4) is 0 Å². The summed E-state index contributed by atoms with van der Waals surface area (Å²) >= 11 is 1.68. The number of hydrogen-bond donors (Lipinski definition) is 1. The Balaban J connectivity index is 1.81. The van der Waals surface area contributed by atoms with E-state index in [0.717, 1.165) is 23.8 Å². The van der Waals surface area contributed by atoms with Crippen molar-refractivity contribution in [2.75, 3.05) is 0 Å². The van der Waals surface area contributed by atoms with Crippen LogP contribution in [0.15, 0.2) is 35.8 Å². The van der Waals surface area contributed by atoms with Crippen LogP contribution in [-0.2, 0) is 13.1 Å². The van der Waals surface area contributed by atoms with Gasteiger partial charge in [-0.2, -0.15) is 5.10 Å². The number of rotatable bonds is 5. The van der Waals surface area contributed by atoms with Gasteiger partial charge in [-0.25, -0.2) is 4.98 Å². The lowest BCUT2D eigenvalue weighted by Gasteiger charge is -2.09. The molecule has 0 fully saturated rings. The van der Waals surface area contributed by atoms with Gasteiger partial charge in [-0.15, -0.1) is 11.3 Å². The van der Waals surface area contributed by atoms with Crippen LogP contribution in [0.4, 0.5) is 0 Å². The average molecular weight is 286 g/mol. The van der Waals surface area contributed by atoms with Crippen LogP contribution < -0.4 is 5.32 Å². The number of fused-ring (bicyclic) bond motifs is 1. The van der Waals surface area contributed by atoms with E-state index in [4.69, 9.17) is 5.10 Å². The molecular weight excluding hydrogens is 268 g/mol. The Morgan fingerprint density at radius 2 is 2.20 bits per heavy atom. The highest BCUT2D eigenvalue weighted by molar-refractivity contribution is 7.09. The van der Waals surface area contributed by atoms with Crippen molar-refractivity contribution in [1.82, 2.24) is 20.1 Å². The molecule has 0 saturated carbocycles. The van der Waals surface area contributed by atoms with Crippen molar-refractivity contribution < 1.29 is 0 Å². The van der Waals surface area contributed by atoms with Crippen molar-refractivity contribution >= 4 is 22.2 Å². The van der Waals surface area contributed by atoms with E-state index in [0.29, 0.717) is 0 Å². The number of nitrogens with zero attached hydrogens (tertiary/aromatic N) is 3. The maximum absolute atomic E-state index is 4.70. The zero-order chi connectivity index (χ0) is 13.9. The fourth-order valence-corrected chi connectivity index (χ4v) is 3.02. The van der Waals surface area contributed by atoms with Crippen LogP contribution in [-0.4, -0.2) is 14.8 Å². The lowest BCUT2D eigenvalue weighted by Crippen LogP contribution is -2.18. The molecule has 104 valence electrons. The van der Waals surface area contributed by atoms with Gasteiger partial charge in [0.15, 0.2) is 0 Å². The normalized spacial score (nSPS) is 12.9. The molecule has 0 amide bonds. The molecule has 0 bridgehead atoms. The third-order valence-electron chi connectivity index (χ3n) is 3.43. The quantitative estimate of drug-likeness (QED) is 0.782. The van der Waals surface area contributed by atoms with Crippen LogP contribution in [0.1, 0.15) is 30.6 Å². The van der Waals surface area contributed by atoms with Crippen LogP contribution >= 0.6 is 11.3 Å². The van der Waals surface area contributed by atoms with Crippen LogP contribution in [0.25, 0.3) is 10.9 Å². The molecule has 2 aromatic heterocycles. The molecule has 0 aliphatic carbocycles. The van der Waals surface area contributed by atoms with Gasteiger partial charge >= 0.3 is 0 Å². The molecule has 2 heterocycles. The smallest absolute Gasteiger partial charge is 0.109 e. The Labute approximate surface area is 122 Å². The molecular formula is C15H18N4S. The molecule has 1 atom stereocenters. The van der Waals surface area contributed by atoms with Crippen LogP contribution in [0.5, 0.6) is 0 Å². The second-order valence-electron chi connectivity index (χ2n) is 4.75. The molecule has 0 spiro atoms. The summed E-state index contributed by atoms with van der Waals surface area (Å²) in [4.78, 5) is 4.34. The minimum Gasteiger partial charge on any atom is -0.302 e. The predicted molar refractivity (Wildman–Crippen MR) is 82.8 cm³/mol. The Morgan fingerprint density at radius 1 is 1.35 bits per heavy atom. The molecule has 0 saturated heterocycles. The minimum atomic E-state index is 0.250. The van der Waals surface area contributed by atoms with E-state index in [1.54, 1.807) is 11.3 Å². The third kappa shape index (κ3) is 2.46. The standard InChI is InChI=1S/C15H18N4S/c1-3-19-14-7-5-4-6-12(14)13(18-19)10-17-11(2)15-16-8-9-20-15/h4-9,11,17H,3,10H2,1-2H3. The number of benzene rings is 1. The van der Waals surface area contributed by atoms with Crippen molar-refractivity contribution in [3.05, 3.63) is 46.5 Å². The number of para-hydroxylation sites is 1. The Kier molecular flexibility index (Phi) is 3.80. The zero-order valence-electron chi connectivity index (χ0n) is 11.7. The first-order chi connectivity index (χ1) is 9.79. The highest BCUT2D eigenvalue weighted by Crippen LogP contribution is 2.20. The zero-order valence-corrected chi connectivity index (χ0v) is 12.5. The molecule has 1 unspecified atom stereocenters. The third-order valence-corrected chi connectivity index (χ3v) is 4.39. The summed E-state index contributed by atoms with van der Waals surface area (Å²) in [5, 5.41) is 12.6. The summed E-state index contributed by atoms with van der Waals surface area (Å²) in [6.45, 7) is 5.91. The number of aromatic nitrogens is 3. The van der Waals surface area contributed by atoms with Crippen LogP contribution in [0, 0.1) is 0 Å². The van der Waals surface area contributed by atoms with Gasteiger partial charge in [-0.05, 0) is 19.9 Å². The van der Waals surface area contributed by atoms with Crippen LogP contribution in [0.2, 0.25) is 0 Å². The fraction of sp³-hybridized carbons (Fsp3) is 0.333. The molecule has 20 heavy (non-hydrogen) atoms. The summed E-state index contributed by atoms with van der Waals surface area (Å²) < 4.78 is 2.06. The molecule has 0 aliphatic heterocycles. The van der Waals surface area contributed by atoms with Gasteiger partial charge in [-0.3, -0.25) is 4.68 Å². The molecule has 1 N–H and O–H groups in total. The summed E-state index contributed by atoms with van der Waals surface area (Å²) in [6.07, 6.45) is 1.85. The first kappa shape index (κ1) is 13.3.